The summed E-state index contributed by atoms with van der Waals surface area (Å²) in [5, 5.41) is 2.54. The lowest BCUT2D eigenvalue weighted by Gasteiger charge is -2.11. The molecular formula is C22H21FN2O5S. The van der Waals surface area contributed by atoms with Gasteiger partial charge >= 0.3 is 0 Å². The van der Waals surface area contributed by atoms with Crippen LogP contribution in [-0.4, -0.2) is 28.5 Å². The van der Waals surface area contributed by atoms with Crippen LogP contribution in [0.15, 0.2) is 71.6 Å². The molecule has 0 radical (unpaired) electrons. The summed E-state index contributed by atoms with van der Waals surface area (Å²) >= 11 is 0. The van der Waals surface area contributed by atoms with Gasteiger partial charge in [0.15, 0.2) is 0 Å². The van der Waals surface area contributed by atoms with E-state index in [1.54, 1.807) is 48.5 Å². The second kappa shape index (κ2) is 9.59. The van der Waals surface area contributed by atoms with Crippen LogP contribution in [0.5, 0.6) is 11.5 Å². The zero-order valence-corrected chi connectivity index (χ0v) is 17.7. The van der Waals surface area contributed by atoms with Gasteiger partial charge in [-0.15, -0.1) is 0 Å². The Morgan fingerprint density at radius 2 is 1.65 bits per heavy atom. The molecule has 3 rings (SSSR count). The summed E-state index contributed by atoms with van der Waals surface area (Å²) in [5.41, 5.74) is 0.701. The summed E-state index contributed by atoms with van der Waals surface area (Å²) in [4.78, 5) is 12.3. The third kappa shape index (κ3) is 5.59. The normalized spacial score (nSPS) is 11.1. The standard InChI is InChI=1S/C22H21FN2O5S/c1-29-17-8-6-15(7-9-17)14-24-31(27,28)19-10-11-21(23)20(13-19)22(26)25-16-4-3-5-18(12-16)30-2/h3-13,24H,14H2,1-2H3,(H,25,26). The number of methoxy groups -OCH3 is 2. The fraction of sp³-hybridized carbons (Fsp3) is 0.136. The van der Waals surface area contributed by atoms with Gasteiger partial charge in [-0.05, 0) is 48.0 Å². The number of carbonyl (C=O) groups excluding carboxylic acids is 1. The number of anilines is 1. The van der Waals surface area contributed by atoms with Crippen LogP contribution in [0.1, 0.15) is 15.9 Å². The fourth-order valence-electron chi connectivity index (χ4n) is 2.75. The Kier molecular flexibility index (Phi) is 6.88. The highest BCUT2D eigenvalue weighted by Crippen LogP contribution is 2.20. The predicted octanol–water partition coefficient (Wildman–Crippen LogP) is 3.57. The van der Waals surface area contributed by atoms with Crippen molar-refractivity contribution < 1.29 is 27.1 Å². The number of sulfonamides is 1. The molecule has 1 amide bonds. The van der Waals surface area contributed by atoms with E-state index < -0.39 is 27.3 Å². The third-order valence-corrected chi connectivity index (χ3v) is 5.84. The first-order chi connectivity index (χ1) is 14.8. The van der Waals surface area contributed by atoms with E-state index in [1.807, 2.05) is 0 Å². The van der Waals surface area contributed by atoms with E-state index in [0.717, 1.165) is 18.2 Å². The van der Waals surface area contributed by atoms with Crippen molar-refractivity contribution >= 4 is 21.6 Å². The third-order valence-electron chi connectivity index (χ3n) is 4.45. The first-order valence-electron chi connectivity index (χ1n) is 9.20. The molecule has 9 heteroatoms. The van der Waals surface area contributed by atoms with Crippen LogP contribution in [0.4, 0.5) is 10.1 Å². The van der Waals surface area contributed by atoms with Gasteiger partial charge in [0, 0.05) is 18.3 Å². The number of hydrogen-bond donors (Lipinski definition) is 2. The minimum atomic E-state index is -3.98. The largest absolute Gasteiger partial charge is 0.497 e. The highest BCUT2D eigenvalue weighted by molar-refractivity contribution is 7.89. The van der Waals surface area contributed by atoms with Crippen molar-refractivity contribution in [1.82, 2.24) is 4.72 Å². The summed E-state index contributed by atoms with van der Waals surface area (Å²) in [6.07, 6.45) is 0. The smallest absolute Gasteiger partial charge is 0.258 e. The Bertz CT molecular complexity index is 1180. The summed E-state index contributed by atoms with van der Waals surface area (Å²) in [6, 6.07) is 16.4. The molecule has 2 N–H and O–H groups in total. The van der Waals surface area contributed by atoms with Gasteiger partial charge in [0.1, 0.15) is 17.3 Å². The van der Waals surface area contributed by atoms with Crippen molar-refractivity contribution in [2.45, 2.75) is 11.4 Å². The Morgan fingerprint density at radius 3 is 2.32 bits per heavy atom. The van der Waals surface area contributed by atoms with Crippen LogP contribution in [0.3, 0.4) is 0 Å². The number of nitrogens with one attached hydrogen (secondary N) is 2. The van der Waals surface area contributed by atoms with Crippen LogP contribution in [0.25, 0.3) is 0 Å². The molecule has 0 heterocycles. The lowest BCUT2D eigenvalue weighted by molar-refractivity contribution is 0.102. The first-order valence-corrected chi connectivity index (χ1v) is 10.7. The average Bonchev–Trinajstić information content (AvgIpc) is 2.78. The topological polar surface area (TPSA) is 93.7 Å². The van der Waals surface area contributed by atoms with Crippen LogP contribution in [-0.2, 0) is 16.6 Å². The maximum atomic E-state index is 14.3. The molecule has 3 aromatic rings. The molecule has 7 nitrogen and oxygen atoms in total. The summed E-state index contributed by atoms with van der Waals surface area (Å²) < 4.78 is 52.2. The molecule has 0 atom stereocenters. The zero-order chi connectivity index (χ0) is 22.4. The monoisotopic (exact) mass is 444 g/mol. The lowest BCUT2D eigenvalue weighted by Crippen LogP contribution is -2.24. The number of rotatable bonds is 8. The molecule has 162 valence electrons. The molecule has 0 fully saturated rings. The molecule has 0 saturated carbocycles. The number of benzene rings is 3. The minimum Gasteiger partial charge on any atom is -0.497 e. The van der Waals surface area contributed by atoms with Gasteiger partial charge in [-0.1, -0.05) is 18.2 Å². The van der Waals surface area contributed by atoms with Gasteiger partial charge in [-0.25, -0.2) is 17.5 Å². The molecule has 0 unspecified atom stereocenters. The van der Waals surface area contributed by atoms with Crippen LogP contribution in [0, 0.1) is 5.82 Å². The molecule has 0 aliphatic heterocycles. The highest BCUT2D eigenvalue weighted by Gasteiger charge is 2.20. The number of halogens is 1. The van der Waals surface area contributed by atoms with Crippen LogP contribution >= 0.6 is 0 Å². The van der Waals surface area contributed by atoms with Crippen molar-refractivity contribution in [3.63, 3.8) is 0 Å². The Hall–Kier alpha value is -3.43. The fourth-order valence-corrected chi connectivity index (χ4v) is 3.79. The van der Waals surface area contributed by atoms with E-state index in [0.29, 0.717) is 22.7 Å². The predicted molar refractivity (Wildman–Crippen MR) is 114 cm³/mol. The van der Waals surface area contributed by atoms with Crippen molar-refractivity contribution in [1.29, 1.82) is 0 Å². The molecule has 0 bridgehead atoms. The molecule has 31 heavy (non-hydrogen) atoms. The molecule has 0 spiro atoms. The zero-order valence-electron chi connectivity index (χ0n) is 16.9. The highest BCUT2D eigenvalue weighted by atomic mass is 32.2. The Balaban J connectivity index is 1.77. The molecule has 0 aromatic heterocycles. The van der Waals surface area contributed by atoms with Crippen molar-refractivity contribution in [3.8, 4) is 11.5 Å². The SMILES string of the molecule is COc1ccc(CNS(=O)(=O)c2ccc(F)c(C(=O)Nc3cccc(OC)c3)c2)cc1. The molecule has 3 aromatic carbocycles. The maximum Gasteiger partial charge on any atom is 0.258 e. The summed E-state index contributed by atoms with van der Waals surface area (Å²) in [6.45, 7) is 0.0229. The van der Waals surface area contributed by atoms with E-state index in [-0.39, 0.29) is 11.4 Å². The Morgan fingerprint density at radius 1 is 0.935 bits per heavy atom. The number of amides is 1. The van der Waals surface area contributed by atoms with E-state index in [4.69, 9.17) is 9.47 Å². The van der Waals surface area contributed by atoms with Gasteiger partial charge in [-0.3, -0.25) is 4.79 Å². The van der Waals surface area contributed by atoms with E-state index in [2.05, 4.69) is 10.0 Å². The molecular weight excluding hydrogens is 423 g/mol. The average molecular weight is 444 g/mol. The first kappa shape index (κ1) is 22.3. The van der Waals surface area contributed by atoms with Gasteiger partial charge in [0.05, 0.1) is 24.7 Å². The Labute approximate surface area is 179 Å². The van der Waals surface area contributed by atoms with E-state index >= 15 is 0 Å². The van der Waals surface area contributed by atoms with Crippen LogP contribution < -0.4 is 19.5 Å². The van der Waals surface area contributed by atoms with Crippen LogP contribution in [0.2, 0.25) is 0 Å². The number of carbonyl (C=O) groups is 1. The van der Waals surface area contributed by atoms with Gasteiger partial charge < -0.3 is 14.8 Å². The van der Waals surface area contributed by atoms with Gasteiger partial charge in [0.25, 0.3) is 5.91 Å². The second-order valence-electron chi connectivity index (χ2n) is 6.50. The number of hydrogen-bond acceptors (Lipinski definition) is 5. The van der Waals surface area contributed by atoms with Crippen molar-refractivity contribution in [2.75, 3.05) is 19.5 Å². The molecule has 0 saturated heterocycles. The second-order valence-corrected chi connectivity index (χ2v) is 8.27. The lowest BCUT2D eigenvalue weighted by atomic mass is 10.2. The molecule has 0 aliphatic carbocycles. The van der Waals surface area contributed by atoms with Gasteiger partial charge in [0.2, 0.25) is 10.0 Å². The van der Waals surface area contributed by atoms with Gasteiger partial charge in [-0.2, -0.15) is 0 Å². The quantitative estimate of drug-likeness (QED) is 0.554. The summed E-state index contributed by atoms with van der Waals surface area (Å²) in [7, 11) is -0.962. The minimum absolute atomic E-state index is 0.0229. The van der Waals surface area contributed by atoms with E-state index in [1.165, 1.54) is 14.2 Å². The maximum absolute atomic E-state index is 14.3. The van der Waals surface area contributed by atoms with Crippen molar-refractivity contribution in [2.24, 2.45) is 0 Å². The van der Waals surface area contributed by atoms with E-state index in [9.17, 15) is 17.6 Å². The van der Waals surface area contributed by atoms with Crippen molar-refractivity contribution in [3.05, 3.63) is 83.7 Å². The molecule has 0 aliphatic rings. The summed E-state index contributed by atoms with van der Waals surface area (Å²) in [5.74, 6) is -0.457. The number of ether oxygens (including phenoxy) is 2.